The molecule has 0 saturated heterocycles. The summed E-state index contributed by atoms with van der Waals surface area (Å²) in [5, 5.41) is 5.67. The molecule has 6 nitrogen and oxygen atoms in total. The van der Waals surface area contributed by atoms with Crippen LogP contribution in [-0.4, -0.2) is 26.0 Å². The Morgan fingerprint density at radius 2 is 1.00 bits per heavy atom. The Hall–Kier alpha value is -1.88. The van der Waals surface area contributed by atoms with Crippen LogP contribution in [0, 0.1) is 0 Å². The smallest absolute Gasteiger partial charge is 0.255 e. The first kappa shape index (κ1) is 24.8. The Morgan fingerprint density at radius 3 is 1.31 bits per heavy atom. The fourth-order valence-corrected chi connectivity index (χ4v) is 5.87. The summed E-state index contributed by atoms with van der Waals surface area (Å²) in [6.45, 7) is 0. The van der Waals surface area contributed by atoms with Gasteiger partial charge in [-0.3, -0.25) is 9.59 Å². The van der Waals surface area contributed by atoms with E-state index in [0.29, 0.717) is 51.9 Å². The zero-order valence-corrected chi connectivity index (χ0v) is 23.1. The zero-order chi connectivity index (χ0) is 23.4. The van der Waals surface area contributed by atoms with Crippen molar-refractivity contribution in [3.05, 3.63) is 77.5 Å². The van der Waals surface area contributed by atoms with Crippen LogP contribution in [0.1, 0.15) is 20.7 Å². The van der Waals surface area contributed by atoms with Gasteiger partial charge in [0.05, 0.1) is 32.1 Å². The van der Waals surface area contributed by atoms with Crippen molar-refractivity contribution in [2.75, 3.05) is 24.9 Å². The summed E-state index contributed by atoms with van der Waals surface area (Å²) < 4.78 is 13.1. The highest BCUT2D eigenvalue weighted by Crippen LogP contribution is 2.35. The van der Waals surface area contributed by atoms with Crippen molar-refractivity contribution in [2.45, 2.75) is 0 Å². The zero-order valence-electron chi connectivity index (χ0n) is 16.8. The Bertz CT molecular complexity index is 1070. The van der Waals surface area contributed by atoms with E-state index >= 15 is 0 Å². The third kappa shape index (κ3) is 5.72. The molecule has 0 saturated carbocycles. The summed E-state index contributed by atoms with van der Waals surface area (Å²) in [5.41, 5.74) is 1.94. The molecule has 0 aromatic heterocycles. The SMILES string of the molecule is COc1c(Br)cc(C(=O)Nc2cccc(NC(=O)c3cc(Br)c(OC)c(Br)c3)c2)cc1Br. The van der Waals surface area contributed by atoms with Gasteiger partial charge in [0.2, 0.25) is 0 Å². The predicted molar refractivity (Wildman–Crippen MR) is 139 cm³/mol. The van der Waals surface area contributed by atoms with Crippen LogP contribution in [0.5, 0.6) is 11.5 Å². The second-order valence-corrected chi connectivity index (χ2v) is 9.85. The molecule has 0 unspecified atom stereocenters. The number of hydrogen-bond acceptors (Lipinski definition) is 4. The fourth-order valence-electron chi connectivity index (χ4n) is 2.85. The predicted octanol–water partition coefficient (Wildman–Crippen LogP) is 7.26. The lowest BCUT2D eigenvalue weighted by Crippen LogP contribution is -2.14. The van der Waals surface area contributed by atoms with E-state index in [4.69, 9.17) is 9.47 Å². The lowest BCUT2D eigenvalue weighted by Gasteiger charge is -2.12. The first-order valence-electron chi connectivity index (χ1n) is 9.02. The van der Waals surface area contributed by atoms with Crippen LogP contribution in [0.3, 0.4) is 0 Å². The van der Waals surface area contributed by atoms with Gasteiger partial charge in [0.25, 0.3) is 11.8 Å². The third-order valence-corrected chi connectivity index (χ3v) is 6.66. The van der Waals surface area contributed by atoms with Crippen LogP contribution in [0.2, 0.25) is 0 Å². The number of nitrogens with one attached hydrogen (secondary N) is 2. The van der Waals surface area contributed by atoms with Crippen molar-refractivity contribution < 1.29 is 19.1 Å². The number of benzene rings is 3. The fraction of sp³-hybridized carbons (Fsp3) is 0.0909. The quantitative estimate of drug-likeness (QED) is 0.286. The molecule has 0 heterocycles. The van der Waals surface area contributed by atoms with Crippen molar-refractivity contribution in [3.8, 4) is 11.5 Å². The molecule has 0 aliphatic heterocycles. The summed E-state index contributed by atoms with van der Waals surface area (Å²) in [6.07, 6.45) is 0. The Labute approximate surface area is 218 Å². The first-order chi connectivity index (χ1) is 15.2. The number of anilines is 2. The van der Waals surface area contributed by atoms with Gasteiger partial charge in [0.1, 0.15) is 11.5 Å². The van der Waals surface area contributed by atoms with Crippen LogP contribution in [0.4, 0.5) is 11.4 Å². The van der Waals surface area contributed by atoms with E-state index in [1.54, 1.807) is 62.8 Å². The van der Waals surface area contributed by atoms with E-state index in [-0.39, 0.29) is 11.8 Å². The lowest BCUT2D eigenvalue weighted by atomic mass is 10.2. The summed E-state index contributed by atoms with van der Waals surface area (Å²) in [4.78, 5) is 25.4. The van der Waals surface area contributed by atoms with E-state index in [1.165, 1.54) is 0 Å². The van der Waals surface area contributed by atoms with Crippen LogP contribution in [-0.2, 0) is 0 Å². The summed E-state index contributed by atoms with van der Waals surface area (Å²) in [6, 6.07) is 13.6. The molecular formula is C22H16Br4N2O4. The first-order valence-corrected chi connectivity index (χ1v) is 12.2. The molecule has 0 aliphatic carbocycles. The van der Waals surface area contributed by atoms with Crippen molar-refractivity contribution in [1.29, 1.82) is 0 Å². The molecule has 3 aromatic carbocycles. The standard InChI is InChI=1S/C22H16Br4N2O4/c1-31-19-15(23)6-11(7-16(19)24)21(29)27-13-4-3-5-14(10-13)28-22(30)12-8-17(25)20(32-2)18(26)9-12/h3-10H,1-2H3,(H,27,29)(H,28,30). The van der Waals surface area contributed by atoms with Crippen LogP contribution in [0.25, 0.3) is 0 Å². The van der Waals surface area contributed by atoms with Gasteiger partial charge >= 0.3 is 0 Å². The van der Waals surface area contributed by atoms with Crippen molar-refractivity contribution in [3.63, 3.8) is 0 Å². The van der Waals surface area contributed by atoms with Gasteiger partial charge in [0, 0.05) is 22.5 Å². The van der Waals surface area contributed by atoms with Crippen molar-refractivity contribution in [2.24, 2.45) is 0 Å². The summed E-state index contributed by atoms with van der Waals surface area (Å²) in [7, 11) is 3.10. The molecule has 166 valence electrons. The highest BCUT2D eigenvalue weighted by atomic mass is 79.9. The van der Waals surface area contributed by atoms with Gasteiger partial charge in [-0.25, -0.2) is 0 Å². The lowest BCUT2D eigenvalue weighted by molar-refractivity contribution is 0.101. The number of ether oxygens (including phenoxy) is 2. The van der Waals surface area contributed by atoms with E-state index in [9.17, 15) is 9.59 Å². The average molecular weight is 692 g/mol. The third-order valence-electron chi connectivity index (χ3n) is 4.31. The van der Waals surface area contributed by atoms with Crippen LogP contribution in [0.15, 0.2) is 66.4 Å². The van der Waals surface area contributed by atoms with Gasteiger partial charge in [-0.2, -0.15) is 0 Å². The maximum Gasteiger partial charge on any atom is 0.255 e. The molecule has 0 spiro atoms. The number of carbonyl (C=O) groups excluding carboxylic acids is 2. The molecule has 0 radical (unpaired) electrons. The minimum absolute atomic E-state index is 0.305. The van der Waals surface area contributed by atoms with E-state index in [1.807, 2.05) is 0 Å². The summed E-state index contributed by atoms with van der Waals surface area (Å²) in [5.74, 6) is 0.590. The van der Waals surface area contributed by atoms with E-state index in [2.05, 4.69) is 74.4 Å². The number of rotatable bonds is 6. The maximum atomic E-state index is 12.7. The van der Waals surface area contributed by atoms with E-state index < -0.39 is 0 Å². The number of amides is 2. The molecule has 0 atom stereocenters. The van der Waals surface area contributed by atoms with Gasteiger partial charge in [-0.05, 0) is 106 Å². The molecule has 10 heteroatoms. The minimum atomic E-state index is -0.305. The maximum absolute atomic E-state index is 12.7. The molecule has 2 amide bonds. The van der Waals surface area contributed by atoms with Gasteiger partial charge < -0.3 is 20.1 Å². The molecule has 0 bridgehead atoms. The second kappa shape index (κ2) is 10.8. The second-order valence-electron chi connectivity index (χ2n) is 6.44. The molecule has 3 rings (SSSR count). The van der Waals surface area contributed by atoms with Crippen molar-refractivity contribution >= 4 is 86.9 Å². The average Bonchev–Trinajstić information content (AvgIpc) is 2.73. The molecule has 3 aromatic rings. The largest absolute Gasteiger partial charge is 0.494 e. The number of hydrogen-bond donors (Lipinski definition) is 2. The number of methoxy groups -OCH3 is 2. The topological polar surface area (TPSA) is 76.7 Å². The Morgan fingerprint density at radius 1 is 0.656 bits per heavy atom. The van der Waals surface area contributed by atoms with Crippen molar-refractivity contribution in [1.82, 2.24) is 0 Å². The molecular weight excluding hydrogens is 676 g/mol. The number of halogens is 4. The monoisotopic (exact) mass is 688 g/mol. The number of carbonyl (C=O) groups is 2. The Balaban J connectivity index is 1.76. The molecule has 0 aliphatic rings. The van der Waals surface area contributed by atoms with Gasteiger partial charge in [0.15, 0.2) is 0 Å². The van der Waals surface area contributed by atoms with Gasteiger partial charge in [-0.15, -0.1) is 0 Å². The Kier molecular flexibility index (Phi) is 8.37. The molecule has 32 heavy (non-hydrogen) atoms. The summed E-state index contributed by atoms with van der Waals surface area (Å²) >= 11 is 13.6. The highest BCUT2D eigenvalue weighted by Gasteiger charge is 2.15. The van der Waals surface area contributed by atoms with Gasteiger partial charge in [-0.1, -0.05) is 6.07 Å². The normalized spacial score (nSPS) is 10.4. The van der Waals surface area contributed by atoms with Crippen LogP contribution >= 0.6 is 63.7 Å². The minimum Gasteiger partial charge on any atom is -0.494 e. The molecule has 0 fully saturated rings. The van der Waals surface area contributed by atoms with E-state index in [0.717, 1.165) is 0 Å². The highest BCUT2D eigenvalue weighted by molar-refractivity contribution is 9.11. The van der Waals surface area contributed by atoms with Crippen LogP contribution < -0.4 is 20.1 Å². The molecule has 2 N–H and O–H groups in total.